The molecule has 1 aliphatic rings. The van der Waals surface area contributed by atoms with Gasteiger partial charge in [-0.2, -0.15) is 0 Å². The van der Waals surface area contributed by atoms with E-state index in [4.69, 9.17) is 52.9 Å². The van der Waals surface area contributed by atoms with E-state index in [2.05, 4.69) is 41.0 Å². The second kappa shape index (κ2) is 21.7. The van der Waals surface area contributed by atoms with Gasteiger partial charge in [-0.3, -0.25) is 0 Å². The third kappa shape index (κ3) is 11.4. The van der Waals surface area contributed by atoms with Crippen LogP contribution in [0.25, 0.3) is 54.0 Å². The van der Waals surface area contributed by atoms with E-state index in [1.165, 1.54) is 0 Å². The number of ether oxygens (including phenoxy) is 4. The minimum absolute atomic E-state index is 0.303. The Kier molecular flexibility index (Phi) is 15.6. The number of nitrogens with zero attached hydrogens (tertiary/aromatic N) is 4. The van der Waals surface area contributed by atoms with E-state index < -0.39 is 0 Å². The zero-order valence-corrected chi connectivity index (χ0v) is 40.6. The number of hydrogen-bond acceptors (Lipinski definition) is 8. The first-order valence-corrected chi connectivity index (χ1v) is 22.8. The van der Waals surface area contributed by atoms with Crippen molar-refractivity contribution in [3.05, 3.63) is 173 Å². The van der Waals surface area contributed by atoms with Gasteiger partial charge >= 0.3 is 7.12 Å². The summed E-state index contributed by atoms with van der Waals surface area (Å²) in [6, 6.07) is 42.7. The maximum Gasteiger partial charge on any atom is 0.494 e. The Morgan fingerprint density at radius 2 is 1.07 bits per heavy atom. The number of methoxy groups -OCH3 is 2. The number of fused-ring (bicyclic) bond motifs is 2. The molecule has 0 radical (unpaired) electrons. The molecule has 1 aliphatic heterocycles. The van der Waals surface area contributed by atoms with Crippen molar-refractivity contribution in [2.45, 2.75) is 38.9 Å². The van der Waals surface area contributed by atoms with Crippen molar-refractivity contribution in [1.82, 2.24) is 9.13 Å². The molecular weight excluding hydrogens is 919 g/mol. The Balaban J connectivity index is 0.000000158. The smallest absolute Gasteiger partial charge is 0.491 e. The fourth-order valence-electron chi connectivity index (χ4n) is 7.47. The van der Waals surface area contributed by atoms with Gasteiger partial charge in [-0.15, -0.1) is 0 Å². The molecule has 346 valence electrons. The fourth-order valence-corrected chi connectivity index (χ4v) is 8.00. The molecule has 68 heavy (non-hydrogen) atoms. The second-order valence-corrected chi connectivity index (χ2v) is 17.8. The van der Waals surface area contributed by atoms with E-state index >= 15 is 0 Å². The highest BCUT2D eigenvalue weighted by molar-refractivity contribution is 9.10. The van der Waals surface area contributed by atoms with Crippen molar-refractivity contribution in [3.8, 4) is 34.0 Å². The fraction of sp³-hybridized carbons (Fsp3) is 0.222. The zero-order valence-electron chi connectivity index (χ0n) is 39.0. The number of halogens is 1. The molecule has 0 atom stereocenters. The summed E-state index contributed by atoms with van der Waals surface area (Å²) >= 11 is 3.57. The number of nitrogen functional groups attached to an aromatic ring is 2. The van der Waals surface area contributed by atoms with Crippen molar-refractivity contribution in [1.29, 1.82) is 0 Å². The lowest BCUT2D eigenvalue weighted by molar-refractivity contribution is 0.00578. The van der Waals surface area contributed by atoms with Crippen molar-refractivity contribution in [3.63, 3.8) is 0 Å². The molecule has 14 heteroatoms. The molecule has 0 aliphatic carbocycles. The molecule has 12 nitrogen and oxygen atoms in total. The Labute approximate surface area is 406 Å². The molecule has 4 N–H and O–H groups in total. The summed E-state index contributed by atoms with van der Waals surface area (Å²) in [6.07, 6.45) is 4.10. The van der Waals surface area contributed by atoms with Crippen molar-refractivity contribution in [2.75, 3.05) is 52.1 Å². The number of anilines is 2. The standard InChI is InChI=1S/C24H21N3O2.C18H15BrN2O2.C12H18BNO2/c1-26-19-6-11-24-22(15-19)23(17-4-3-5-18(25)14-17)16-27(24)20-7-9-21(10-8-20)29-13-12-28-2;1-20-13-3-8-18-16(11-13)17(19)12-21(18)14-4-6-15(7-5-14)23-10-9-22-2;1-11(2)12(3,4)16-13(15-11)9-6-5-7-10(14)8-9/h3-11,14-16H,12-13,25H2,2H3;3-8,11-12H,9-10H2,2H3;5-8H,14H2,1-4H3. The number of aromatic nitrogens is 2. The van der Waals surface area contributed by atoms with Crippen LogP contribution in [-0.4, -0.2) is 68.1 Å². The highest BCUT2D eigenvalue weighted by Crippen LogP contribution is 2.38. The summed E-state index contributed by atoms with van der Waals surface area (Å²) in [7, 11) is 2.98. The van der Waals surface area contributed by atoms with E-state index in [9.17, 15) is 0 Å². The van der Waals surface area contributed by atoms with E-state index in [1.807, 2.05) is 167 Å². The van der Waals surface area contributed by atoms with Crippen molar-refractivity contribution >= 4 is 73.1 Å². The van der Waals surface area contributed by atoms with Crippen LogP contribution in [0.3, 0.4) is 0 Å². The van der Waals surface area contributed by atoms with Gasteiger partial charge in [0.05, 0.1) is 48.6 Å². The molecule has 3 heterocycles. The molecule has 1 saturated heterocycles. The van der Waals surface area contributed by atoms with E-state index in [-0.39, 0.29) is 18.3 Å². The summed E-state index contributed by atoms with van der Waals surface area (Å²) in [4.78, 5) is 7.08. The zero-order chi connectivity index (χ0) is 48.4. The highest BCUT2D eigenvalue weighted by atomic mass is 79.9. The summed E-state index contributed by atoms with van der Waals surface area (Å²) in [5, 5.41) is 2.04. The lowest BCUT2D eigenvalue weighted by atomic mass is 9.79. The molecule has 2 aromatic heterocycles. The molecule has 0 saturated carbocycles. The molecule has 0 unspecified atom stereocenters. The van der Waals surface area contributed by atoms with Crippen LogP contribution >= 0.6 is 15.9 Å². The van der Waals surface area contributed by atoms with Gasteiger partial charge < -0.3 is 48.9 Å². The third-order valence-corrected chi connectivity index (χ3v) is 12.4. The number of benzene rings is 6. The van der Waals surface area contributed by atoms with Gasteiger partial charge in [0.15, 0.2) is 11.4 Å². The predicted molar refractivity (Wildman–Crippen MR) is 278 cm³/mol. The van der Waals surface area contributed by atoms with Crippen LogP contribution in [0.2, 0.25) is 0 Å². The Morgan fingerprint density at radius 1 is 0.588 bits per heavy atom. The van der Waals surface area contributed by atoms with Crippen LogP contribution in [0.1, 0.15) is 27.7 Å². The van der Waals surface area contributed by atoms with Gasteiger partial charge in [0.25, 0.3) is 0 Å². The molecule has 0 spiro atoms. The number of nitrogens with two attached hydrogens (primary N) is 2. The molecule has 8 aromatic rings. The van der Waals surface area contributed by atoms with Gasteiger partial charge in [0, 0.05) is 64.8 Å². The van der Waals surface area contributed by atoms with Crippen LogP contribution in [0.4, 0.5) is 22.7 Å². The van der Waals surface area contributed by atoms with E-state index in [1.54, 1.807) is 14.2 Å². The summed E-state index contributed by atoms with van der Waals surface area (Å²) in [6.45, 7) is 24.8. The van der Waals surface area contributed by atoms with Crippen LogP contribution in [0, 0.1) is 13.1 Å². The van der Waals surface area contributed by atoms with Gasteiger partial charge in [0.1, 0.15) is 24.7 Å². The average molecular weight is 974 g/mol. The van der Waals surface area contributed by atoms with Gasteiger partial charge in [-0.25, -0.2) is 9.69 Å². The topological polar surface area (TPSA) is 126 Å². The van der Waals surface area contributed by atoms with Crippen LogP contribution in [0.5, 0.6) is 11.5 Å². The molecule has 0 bridgehead atoms. The summed E-state index contributed by atoms with van der Waals surface area (Å²) in [5.41, 5.74) is 21.0. The lowest BCUT2D eigenvalue weighted by Gasteiger charge is -2.32. The van der Waals surface area contributed by atoms with E-state index in [0.29, 0.717) is 43.5 Å². The third-order valence-electron chi connectivity index (χ3n) is 11.8. The van der Waals surface area contributed by atoms with Gasteiger partial charge in [-0.05, 0) is 157 Å². The number of hydrogen-bond donors (Lipinski definition) is 2. The van der Waals surface area contributed by atoms with Gasteiger partial charge in [0.2, 0.25) is 0 Å². The Morgan fingerprint density at radius 3 is 1.57 bits per heavy atom. The maximum absolute atomic E-state index is 7.37. The quantitative estimate of drug-likeness (QED) is 0.0537. The van der Waals surface area contributed by atoms with Crippen LogP contribution < -0.4 is 26.4 Å². The summed E-state index contributed by atoms with van der Waals surface area (Å²) in [5.74, 6) is 1.62. The first kappa shape index (κ1) is 48.9. The highest BCUT2D eigenvalue weighted by Gasteiger charge is 2.51. The average Bonchev–Trinajstić information content (AvgIpc) is 3.96. The molecule has 0 amide bonds. The second-order valence-electron chi connectivity index (χ2n) is 16.9. The molecular formula is C54H54BBrN6O6. The lowest BCUT2D eigenvalue weighted by Crippen LogP contribution is -2.41. The molecule has 6 aromatic carbocycles. The normalized spacial score (nSPS) is 13.5. The van der Waals surface area contributed by atoms with E-state index in [0.717, 1.165) is 71.4 Å². The SMILES string of the molecule is CC1(C)OB(c2cccc(N)c2)OC1(C)C.[C-]#[N+]c1ccc2c(c1)c(-c1cccc(N)c1)cn2-c1ccc(OCCOC)cc1.[C-]#[N+]c1ccc2c(c1)c(Br)cn2-c1ccc(OCCOC)cc1. The van der Waals surface area contributed by atoms with Gasteiger partial charge in [-0.1, -0.05) is 36.4 Å². The Bertz CT molecular complexity index is 3070. The molecule has 9 rings (SSSR count). The maximum atomic E-state index is 7.37. The van der Waals surface area contributed by atoms with Crippen molar-refractivity contribution in [2.24, 2.45) is 0 Å². The van der Waals surface area contributed by atoms with Crippen LogP contribution in [0.15, 0.2) is 150 Å². The first-order valence-electron chi connectivity index (χ1n) is 22.0. The predicted octanol–water partition coefficient (Wildman–Crippen LogP) is 12.0. The number of rotatable bonds is 12. The Hall–Kier alpha value is -7.04. The minimum atomic E-state index is -0.325. The van der Waals surface area contributed by atoms with Crippen molar-refractivity contribution < 1.29 is 28.3 Å². The summed E-state index contributed by atoms with van der Waals surface area (Å²) < 4.78 is 38.3. The monoisotopic (exact) mass is 972 g/mol. The molecule has 1 fully saturated rings. The van der Waals surface area contributed by atoms with Crippen LogP contribution in [-0.2, 0) is 18.8 Å². The first-order chi connectivity index (χ1) is 32.7. The minimum Gasteiger partial charge on any atom is -0.491 e. The largest absolute Gasteiger partial charge is 0.494 e.